The van der Waals surface area contributed by atoms with Crippen LogP contribution in [0, 0.1) is 6.92 Å². The summed E-state index contributed by atoms with van der Waals surface area (Å²) in [5.41, 5.74) is 1.94. The van der Waals surface area contributed by atoms with Crippen molar-refractivity contribution in [1.82, 2.24) is 16.0 Å². The zero-order valence-electron chi connectivity index (χ0n) is 15.0. The van der Waals surface area contributed by atoms with E-state index in [0.717, 1.165) is 11.1 Å². The second-order valence-electron chi connectivity index (χ2n) is 6.01. The van der Waals surface area contributed by atoms with E-state index in [1.807, 2.05) is 31.2 Å². The fraction of sp³-hybridized carbons (Fsp3) is 0.211. The Hall–Kier alpha value is -2.77. The summed E-state index contributed by atoms with van der Waals surface area (Å²) in [5.74, 6) is -2.06. The van der Waals surface area contributed by atoms with Crippen molar-refractivity contribution >= 4 is 41.1 Å². The third kappa shape index (κ3) is 6.14. The Kier molecular flexibility index (Phi) is 7.66. The number of urea groups is 1. The maximum absolute atomic E-state index is 12.3. The highest BCUT2D eigenvalue weighted by Gasteiger charge is 2.23. The molecule has 9 heteroatoms. The smallest absolute Gasteiger partial charge is 0.328 e. The molecule has 0 bridgehead atoms. The molecular weight excluding hydrogens is 405 g/mol. The molecule has 28 heavy (non-hydrogen) atoms. The summed E-state index contributed by atoms with van der Waals surface area (Å²) in [5, 5.41) is 16.8. The number of benzene rings is 2. The number of nitrogens with one attached hydrogen (secondary N) is 3. The molecule has 0 heterocycles. The van der Waals surface area contributed by atoms with E-state index in [0.29, 0.717) is 0 Å². The Balaban J connectivity index is 1.91. The van der Waals surface area contributed by atoms with E-state index in [1.165, 1.54) is 12.1 Å². The molecule has 0 aromatic heterocycles. The Morgan fingerprint density at radius 3 is 2.29 bits per heavy atom. The van der Waals surface area contributed by atoms with Gasteiger partial charge >= 0.3 is 12.0 Å². The summed E-state index contributed by atoms with van der Waals surface area (Å²) >= 11 is 11.9. The third-order valence-electron chi connectivity index (χ3n) is 3.80. The lowest BCUT2D eigenvalue weighted by molar-refractivity contribution is -0.139. The van der Waals surface area contributed by atoms with Crippen LogP contribution in [0.2, 0.25) is 10.0 Å². The fourth-order valence-corrected chi connectivity index (χ4v) is 2.98. The van der Waals surface area contributed by atoms with Crippen LogP contribution in [-0.4, -0.2) is 35.6 Å². The first kappa shape index (κ1) is 21.5. The minimum Gasteiger partial charge on any atom is -0.480 e. The van der Waals surface area contributed by atoms with Crippen LogP contribution in [0.1, 0.15) is 21.5 Å². The van der Waals surface area contributed by atoms with Crippen molar-refractivity contribution in [1.29, 1.82) is 0 Å². The Bertz CT molecular complexity index is 869. The number of aryl methyl sites for hydroxylation is 1. The van der Waals surface area contributed by atoms with Crippen molar-refractivity contribution in [3.8, 4) is 0 Å². The predicted octanol–water partition coefficient (Wildman–Crippen LogP) is 2.98. The summed E-state index contributed by atoms with van der Waals surface area (Å²) in [6.45, 7) is 1.91. The zero-order valence-corrected chi connectivity index (χ0v) is 16.5. The van der Waals surface area contributed by atoms with Gasteiger partial charge in [0.25, 0.3) is 5.91 Å². The van der Waals surface area contributed by atoms with E-state index in [2.05, 4.69) is 16.0 Å². The lowest BCUT2D eigenvalue weighted by Crippen LogP contribution is -2.50. The van der Waals surface area contributed by atoms with Gasteiger partial charge in [-0.25, -0.2) is 9.59 Å². The highest BCUT2D eigenvalue weighted by molar-refractivity contribution is 6.39. The van der Waals surface area contributed by atoms with E-state index >= 15 is 0 Å². The molecule has 0 aliphatic rings. The average Bonchev–Trinajstić information content (AvgIpc) is 2.63. The van der Waals surface area contributed by atoms with Gasteiger partial charge in [-0.15, -0.1) is 0 Å². The molecule has 1 atom stereocenters. The van der Waals surface area contributed by atoms with Crippen LogP contribution in [-0.2, 0) is 11.3 Å². The molecule has 2 rings (SSSR count). The standard InChI is InChI=1S/C19H19Cl2N3O4/c1-11-4-2-5-12(8-11)9-22-19(28)23-10-15(18(26)27)24-17(25)16-13(20)6-3-7-14(16)21/h2-8,15H,9-10H2,1H3,(H,24,25)(H,26,27)(H2,22,23,28). The summed E-state index contributed by atoms with van der Waals surface area (Å²) < 4.78 is 0. The van der Waals surface area contributed by atoms with Gasteiger partial charge < -0.3 is 21.1 Å². The first-order chi connectivity index (χ1) is 13.3. The predicted molar refractivity (Wildman–Crippen MR) is 107 cm³/mol. The molecule has 7 nitrogen and oxygen atoms in total. The van der Waals surface area contributed by atoms with Crippen molar-refractivity contribution in [2.45, 2.75) is 19.5 Å². The van der Waals surface area contributed by atoms with Crippen LogP contribution in [0.25, 0.3) is 0 Å². The van der Waals surface area contributed by atoms with Crippen LogP contribution in [0.4, 0.5) is 4.79 Å². The molecule has 1 unspecified atom stereocenters. The highest BCUT2D eigenvalue weighted by atomic mass is 35.5. The first-order valence-electron chi connectivity index (χ1n) is 8.33. The number of amides is 3. The summed E-state index contributed by atoms with van der Waals surface area (Å²) in [6, 6.07) is 10.2. The molecule has 0 saturated carbocycles. The largest absolute Gasteiger partial charge is 0.480 e. The monoisotopic (exact) mass is 423 g/mol. The first-order valence-corrected chi connectivity index (χ1v) is 9.08. The SMILES string of the molecule is Cc1cccc(CNC(=O)NCC(NC(=O)c2c(Cl)cccc2Cl)C(=O)O)c1. The van der Waals surface area contributed by atoms with Crippen LogP contribution in [0.5, 0.6) is 0 Å². The number of halogens is 2. The van der Waals surface area contributed by atoms with E-state index < -0.39 is 23.9 Å². The van der Waals surface area contributed by atoms with Crippen LogP contribution >= 0.6 is 23.2 Å². The second-order valence-corrected chi connectivity index (χ2v) is 6.83. The maximum Gasteiger partial charge on any atom is 0.328 e. The van der Waals surface area contributed by atoms with Crippen LogP contribution in [0.3, 0.4) is 0 Å². The molecule has 2 aromatic carbocycles. The number of carbonyl (C=O) groups is 3. The number of aliphatic carboxylic acids is 1. The van der Waals surface area contributed by atoms with Crippen LogP contribution < -0.4 is 16.0 Å². The molecule has 0 aliphatic carbocycles. The zero-order chi connectivity index (χ0) is 20.7. The minimum absolute atomic E-state index is 0.0269. The van der Waals surface area contributed by atoms with Gasteiger partial charge in [0.05, 0.1) is 22.2 Å². The minimum atomic E-state index is -1.36. The summed E-state index contributed by atoms with van der Waals surface area (Å²) in [7, 11) is 0. The van der Waals surface area contributed by atoms with Crippen LogP contribution in [0.15, 0.2) is 42.5 Å². The van der Waals surface area contributed by atoms with E-state index in [9.17, 15) is 19.5 Å². The number of carboxylic acids is 1. The summed E-state index contributed by atoms with van der Waals surface area (Å²) in [4.78, 5) is 35.7. The van der Waals surface area contributed by atoms with Gasteiger partial charge in [0, 0.05) is 6.54 Å². The molecule has 3 amide bonds. The second kappa shape index (κ2) is 9.96. The Morgan fingerprint density at radius 1 is 1.04 bits per heavy atom. The van der Waals surface area contributed by atoms with Crippen molar-refractivity contribution < 1.29 is 19.5 Å². The molecule has 0 saturated heterocycles. The van der Waals surface area contributed by atoms with Gasteiger partial charge in [0.1, 0.15) is 6.04 Å². The Morgan fingerprint density at radius 2 is 1.68 bits per heavy atom. The van der Waals surface area contributed by atoms with Crippen molar-refractivity contribution in [2.75, 3.05) is 6.54 Å². The molecule has 0 fully saturated rings. The topological polar surface area (TPSA) is 108 Å². The molecule has 0 aliphatic heterocycles. The number of carboxylic acid groups (broad SMARTS) is 1. The van der Waals surface area contributed by atoms with Crippen molar-refractivity contribution in [3.63, 3.8) is 0 Å². The van der Waals surface area contributed by atoms with E-state index in [4.69, 9.17) is 23.2 Å². The quantitative estimate of drug-likeness (QED) is 0.548. The van der Waals surface area contributed by atoms with Gasteiger partial charge in [-0.1, -0.05) is 59.1 Å². The van der Waals surface area contributed by atoms with Crippen molar-refractivity contribution in [3.05, 3.63) is 69.2 Å². The Labute approximate surface area is 172 Å². The van der Waals surface area contributed by atoms with Gasteiger partial charge in [-0.05, 0) is 24.6 Å². The van der Waals surface area contributed by atoms with Gasteiger partial charge in [0.2, 0.25) is 0 Å². The number of carbonyl (C=O) groups excluding carboxylic acids is 2. The summed E-state index contributed by atoms with van der Waals surface area (Å²) in [6.07, 6.45) is 0. The van der Waals surface area contributed by atoms with Crippen molar-refractivity contribution in [2.24, 2.45) is 0 Å². The fourth-order valence-electron chi connectivity index (χ4n) is 2.41. The lowest BCUT2D eigenvalue weighted by atomic mass is 10.1. The number of hydrogen-bond donors (Lipinski definition) is 4. The highest BCUT2D eigenvalue weighted by Crippen LogP contribution is 2.24. The molecule has 0 spiro atoms. The molecule has 0 radical (unpaired) electrons. The lowest BCUT2D eigenvalue weighted by Gasteiger charge is -2.16. The normalized spacial score (nSPS) is 11.4. The number of rotatable bonds is 7. The molecule has 2 aromatic rings. The molecular formula is C19H19Cl2N3O4. The number of hydrogen-bond acceptors (Lipinski definition) is 3. The molecule has 148 valence electrons. The maximum atomic E-state index is 12.3. The third-order valence-corrected chi connectivity index (χ3v) is 4.43. The average molecular weight is 424 g/mol. The van der Waals surface area contributed by atoms with Gasteiger partial charge in [-0.2, -0.15) is 0 Å². The van der Waals surface area contributed by atoms with Gasteiger partial charge in [0.15, 0.2) is 0 Å². The van der Waals surface area contributed by atoms with E-state index in [1.54, 1.807) is 6.07 Å². The van der Waals surface area contributed by atoms with E-state index in [-0.39, 0.29) is 28.7 Å². The molecule has 4 N–H and O–H groups in total. The van der Waals surface area contributed by atoms with Gasteiger partial charge in [-0.3, -0.25) is 4.79 Å².